The standard InChI is InChI=1S/C13H15F3N2O.ClH/c1-18(13(19)11-3-2-4-17-11)7-8-5-9(14)12(16)10(15)6-8;/h5-6,11,17H,2-4,7H2,1H3;1H. The lowest BCUT2D eigenvalue weighted by atomic mass is 10.1. The number of rotatable bonds is 3. The third-order valence-electron chi connectivity index (χ3n) is 3.20. The topological polar surface area (TPSA) is 32.3 Å². The van der Waals surface area contributed by atoms with Gasteiger partial charge in [0, 0.05) is 13.6 Å². The monoisotopic (exact) mass is 308 g/mol. The molecule has 1 aliphatic heterocycles. The van der Waals surface area contributed by atoms with Gasteiger partial charge in [0.2, 0.25) is 5.91 Å². The van der Waals surface area contributed by atoms with Crippen LogP contribution in [0.25, 0.3) is 0 Å². The highest BCUT2D eigenvalue weighted by molar-refractivity contribution is 5.85. The summed E-state index contributed by atoms with van der Waals surface area (Å²) in [5.74, 6) is -4.09. The van der Waals surface area contributed by atoms with Crippen molar-refractivity contribution in [1.29, 1.82) is 0 Å². The molecule has 0 spiro atoms. The van der Waals surface area contributed by atoms with Gasteiger partial charge in [-0.2, -0.15) is 0 Å². The minimum Gasteiger partial charge on any atom is -0.340 e. The molecule has 1 aromatic rings. The van der Waals surface area contributed by atoms with Crippen LogP contribution in [0.1, 0.15) is 18.4 Å². The molecule has 0 saturated carbocycles. The van der Waals surface area contributed by atoms with E-state index in [4.69, 9.17) is 0 Å². The van der Waals surface area contributed by atoms with Crippen molar-refractivity contribution in [2.45, 2.75) is 25.4 Å². The number of carbonyl (C=O) groups excluding carboxylic acids is 1. The second-order valence-electron chi connectivity index (χ2n) is 4.72. The van der Waals surface area contributed by atoms with Gasteiger partial charge in [-0.25, -0.2) is 13.2 Å². The molecule has 0 aliphatic carbocycles. The molecule has 1 aliphatic rings. The Balaban J connectivity index is 0.00000200. The van der Waals surface area contributed by atoms with Gasteiger partial charge in [-0.15, -0.1) is 12.4 Å². The zero-order valence-corrected chi connectivity index (χ0v) is 11.8. The third-order valence-corrected chi connectivity index (χ3v) is 3.20. The molecule has 1 heterocycles. The zero-order valence-electron chi connectivity index (χ0n) is 11.0. The Kier molecular flexibility index (Phi) is 5.83. The maximum Gasteiger partial charge on any atom is 0.239 e. The summed E-state index contributed by atoms with van der Waals surface area (Å²) >= 11 is 0. The lowest BCUT2D eigenvalue weighted by Gasteiger charge is -2.21. The van der Waals surface area contributed by atoms with Gasteiger partial charge in [0.15, 0.2) is 17.5 Å². The molecule has 1 fully saturated rings. The Morgan fingerprint density at radius 2 is 1.95 bits per heavy atom. The first-order valence-electron chi connectivity index (χ1n) is 6.11. The summed E-state index contributed by atoms with van der Waals surface area (Å²) < 4.78 is 38.9. The van der Waals surface area contributed by atoms with Crippen LogP contribution in [0.2, 0.25) is 0 Å². The first-order valence-corrected chi connectivity index (χ1v) is 6.11. The number of likely N-dealkylation sites (N-methyl/N-ethyl adjacent to an activating group) is 1. The van der Waals surface area contributed by atoms with Crippen molar-refractivity contribution in [3.05, 3.63) is 35.1 Å². The van der Waals surface area contributed by atoms with Crippen LogP contribution in [0.4, 0.5) is 13.2 Å². The van der Waals surface area contributed by atoms with E-state index in [9.17, 15) is 18.0 Å². The van der Waals surface area contributed by atoms with E-state index in [1.54, 1.807) is 7.05 Å². The predicted molar refractivity (Wildman–Crippen MR) is 71.1 cm³/mol. The first-order chi connectivity index (χ1) is 8.99. The van der Waals surface area contributed by atoms with Crippen LogP contribution in [0, 0.1) is 17.5 Å². The summed E-state index contributed by atoms with van der Waals surface area (Å²) in [6.07, 6.45) is 1.69. The molecule has 1 amide bonds. The Hall–Kier alpha value is -1.27. The van der Waals surface area contributed by atoms with E-state index in [1.807, 2.05) is 0 Å². The quantitative estimate of drug-likeness (QED) is 0.869. The fourth-order valence-corrected chi connectivity index (χ4v) is 2.21. The van der Waals surface area contributed by atoms with E-state index in [-0.39, 0.29) is 36.5 Å². The molecule has 1 aromatic carbocycles. The third kappa shape index (κ3) is 3.64. The van der Waals surface area contributed by atoms with Gasteiger partial charge in [0.1, 0.15) is 0 Å². The van der Waals surface area contributed by atoms with Crippen LogP contribution in [0.5, 0.6) is 0 Å². The molecule has 1 atom stereocenters. The summed E-state index contributed by atoms with van der Waals surface area (Å²) in [4.78, 5) is 13.4. The largest absolute Gasteiger partial charge is 0.340 e. The number of carbonyl (C=O) groups is 1. The van der Waals surface area contributed by atoms with E-state index < -0.39 is 17.5 Å². The molecule has 0 aromatic heterocycles. The predicted octanol–water partition coefficient (Wildman–Crippen LogP) is 2.24. The summed E-state index contributed by atoms with van der Waals surface area (Å²) in [5.41, 5.74) is 0.227. The van der Waals surface area contributed by atoms with Gasteiger partial charge in [0.05, 0.1) is 6.04 Å². The highest BCUT2D eigenvalue weighted by Crippen LogP contribution is 2.16. The summed E-state index contributed by atoms with van der Waals surface area (Å²) in [7, 11) is 1.56. The van der Waals surface area contributed by atoms with Crippen molar-refractivity contribution in [2.24, 2.45) is 0 Å². The molecule has 112 valence electrons. The van der Waals surface area contributed by atoms with E-state index >= 15 is 0 Å². The number of benzene rings is 1. The molecule has 0 bridgehead atoms. The minimum atomic E-state index is -1.49. The number of hydrogen-bond donors (Lipinski definition) is 1. The maximum absolute atomic E-state index is 13.1. The fraction of sp³-hybridized carbons (Fsp3) is 0.462. The summed E-state index contributed by atoms with van der Waals surface area (Å²) in [6.45, 7) is 0.842. The number of hydrogen-bond acceptors (Lipinski definition) is 2. The first kappa shape index (κ1) is 16.8. The van der Waals surface area contributed by atoms with Crippen LogP contribution < -0.4 is 5.32 Å². The number of halogens is 4. The highest BCUT2D eigenvalue weighted by Gasteiger charge is 2.25. The van der Waals surface area contributed by atoms with Crippen molar-refractivity contribution in [1.82, 2.24) is 10.2 Å². The second kappa shape index (κ2) is 6.95. The zero-order chi connectivity index (χ0) is 14.0. The van der Waals surface area contributed by atoms with Gasteiger partial charge in [-0.3, -0.25) is 4.79 Å². The van der Waals surface area contributed by atoms with Crippen LogP contribution in [0.3, 0.4) is 0 Å². The van der Waals surface area contributed by atoms with Crippen LogP contribution in [0.15, 0.2) is 12.1 Å². The Morgan fingerprint density at radius 3 is 2.45 bits per heavy atom. The maximum atomic E-state index is 13.1. The molecule has 3 nitrogen and oxygen atoms in total. The van der Waals surface area contributed by atoms with E-state index in [2.05, 4.69) is 5.32 Å². The lowest BCUT2D eigenvalue weighted by molar-refractivity contribution is -0.132. The van der Waals surface area contributed by atoms with Crippen molar-refractivity contribution in [3.8, 4) is 0 Å². The van der Waals surface area contributed by atoms with Crippen molar-refractivity contribution >= 4 is 18.3 Å². The van der Waals surface area contributed by atoms with Gasteiger partial charge in [-0.1, -0.05) is 0 Å². The molecule has 0 radical (unpaired) electrons. The Morgan fingerprint density at radius 1 is 1.35 bits per heavy atom. The number of nitrogens with one attached hydrogen (secondary N) is 1. The van der Waals surface area contributed by atoms with Crippen LogP contribution >= 0.6 is 12.4 Å². The van der Waals surface area contributed by atoms with E-state index in [0.717, 1.165) is 31.5 Å². The Bertz CT molecular complexity index is 469. The highest BCUT2D eigenvalue weighted by atomic mass is 35.5. The number of nitrogens with zero attached hydrogens (tertiary/aromatic N) is 1. The SMILES string of the molecule is CN(Cc1cc(F)c(F)c(F)c1)C(=O)C1CCCN1.Cl. The second-order valence-corrected chi connectivity index (χ2v) is 4.72. The molecular weight excluding hydrogens is 293 g/mol. The van der Waals surface area contributed by atoms with Gasteiger partial charge in [0.25, 0.3) is 0 Å². The molecule has 7 heteroatoms. The lowest BCUT2D eigenvalue weighted by Crippen LogP contribution is -2.41. The van der Waals surface area contributed by atoms with Crippen molar-refractivity contribution in [3.63, 3.8) is 0 Å². The minimum absolute atomic E-state index is 0. The summed E-state index contributed by atoms with van der Waals surface area (Å²) in [6, 6.07) is 1.58. The van der Waals surface area contributed by atoms with Crippen molar-refractivity contribution < 1.29 is 18.0 Å². The number of amides is 1. The normalized spacial score (nSPS) is 17.7. The molecule has 1 N–H and O–H groups in total. The average Bonchev–Trinajstić information content (AvgIpc) is 2.88. The van der Waals surface area contributed by atoms with Crippen molar-refractivity contribution in [2.75, 3.05) is 13.6 Å². The van der Waals surface area contributed by atoms with Gasteiger partial charge < -0.3 is 10.2 Å². The molecular formula is C13H16ClF3N2O. The molecule has 1 unspecified atom stereocenters. The molecule has 2 rings (SSSR count). The fourth-order valence-electron chi connectivity index (χ4n) is 2.21. The Labute approximate surface area is 121 Å². The van der Waals surface area contributed by atoms with Crippen LogP contribution in [-0.4, -0.2) is 30.4 Å². The molecule has 1 saturated heterocycles. The summed E-state index contributed by atoms with van der Waals surface area (Å²) in [5, 5.41) is 3.06. The van der Waals surface area contributed by atoms with Gasteiger partial charge >= 0.3 is 0 Å². The average molecular weight is 309 g/mol. The van der Waals surface area contributed by atoms with E-state index in [0.29, 0.717) is 0 Å². The van der Waals surface area contributed by atoms with Crippen LogP contribution in [-0.2, 0) is 11.3 Å². The molecule has 20 heavy (non-hydrogen) atoms. The van der Waals surface area contributed by atoms with E-state index in [1.165, 1.54) is 4.90 Å². The van der Waals surface area contributed by atoms with Gasteiger partial charge in [-0.05, 0) is 37.1 Å². The smallest absolute Gasteiger partial charge is 0.239 e.